The van der Waals surface area contributed by atoms with Crippen molar-refractivity contribution in [3.05, 3.63) is 28.8 Å². The average Bonchev–Trinajstić information content (AvgIpc) is 2.39. The Bertz CT molecular complexity index is 540. The second-order valence-electron chi connectivity index (χ2n) is 4.80. The van der Waals surface area contributed by atoms with E-state index in [9.17, 15) is 8.42 Å². The Morgan fingerprint density at radius 3 is 2.42 bits per heavy atom. The maximum atomic E-state index is 12.3. The third-order valence-electron chi connectivity index (χ3n) is 3.46. The molecule has 0 aliphatic rings. The molecule has 0 fully saturated rings. The standard InChI is InChI=1S/C13H21ClN2O2S/c1-4-13(15,5-2)9-16-19(17,18)12-8-11(14)7-6-10(12)3/h6-8,16H,4-5,9,15H2,1-3H3. The van der Waals surface area contributed by atoms with Gasteiger partial charge in [-0.2, -0.15) is 0 Å². The number of benzene rings is 1. The summed E-state index contributed by atoms with van der Waals surface area (Å²) in [6.45, 7) is 5.85. The van der Waals surface area contributed by atoms with E-state index in [1.54, 1.807) is 19.1 Å². The molecule has 0 heterocycles. The van der Waals surface area contributed by atoms with Crippen LogP contribution in [0.3, 0.4) is 0 Å². The molecule has 4 nitrogen and oxygen atoms in total. The van der Waals surface area contributed by atoms with Gasteiger partial charge in [0.2, 0.25) is 10.0 Å². The Morgan fingerprint density at radius 1 is 1.32 bits per heavy atom. The minimum absolute atomic E-state index is 0.203. The van der Waals surface area contributed by atoms with Crippen LogP contribution in [0.25, 0.3) is 0 Å². The van der Waals surface area contributed by atoms with Crippen molar-refractivity contribution in [3.8, 4) is 0 Å². The van der Waals surface area contributed by atoms with Crippen LogP contribution >= 0.6 is 11.6 Å². The molecule has 0 aliphatic carbocycles. The SMILES string of the molecule is CCC(N)(CC)CNS(=O)(=O)c1cc(Cl)ccc1C. The van der Waals surface area contributed by atoms with Gasteiger partial charge in [-0.15, -0.1) is 0 Å². The van der Waals surface area contributed by atoms with Crippen LogP contribution in [0, 0.1) is 6.92 Å². The zero-order chi connectivity index (χ0) is 14.7. The van der Waals surface area contributed by atoms with E-state index in [0.29, 0.717) is 23.4 Å². The van der Waals surface area contributed by atoms with Crippen LogP contribution in [-0.4, -0.2) is 20.5 Å². The van der Waals surface area contributed by atoms with Gasteiger partial charge in [-0.05, 0) is 37.5 Å². The van der Waals surface area contributed by atoms with Gasteiger partial charge < -0.3 is 5.73 Å². The zero-order valence-electron chi connectivity index (χ0n) is 11.5. The fourth-order valence-corrected chi connectivity index (χ4v) is 3.32. The van der Waals surface area contributed by atoms with Gasteiger partial charge in [0.25, 0.3) is 0 Å². The number of rotatable bonds is 6. The summed E-state index contributed by atoms with van der Waals surface area (Å²) in [5.74, 6) is 0. The number of aryl methyl sites for hydroxylation is 1. The Labute approximate surface area is 120 Å². The summed E-state index contributed by atoms with van der Waals surface area (Å²) in [5, 5.41) is 0.399. The van der Waals surface area contributed by atoms with Gasteiger partial charge in [-0.1, -0.05) is 31.5 Å². The van der Waals surface area contributed by atoms with Crippen molar-refractivity contribution in [2.24, 2.45) is 5.73 Å². The van der Waals surface area contributed by atoms with E-state index in [4.69, 9.17) is 17.3 Å². The lowest BCUT2D eigenvalue weighted by Gasteiger charge is -2.26. The van der Waals surface area contributed by atoms with Gasteiger partial charge in [0.1, 0.15) is 0 Å². The molecule has 0 aliphatic heterocycles. The summed E-state index contributed by atoms with van der Waals surface area (Å²) in [5.41, 5.74) is 6.24. The van der Waals surface area contributed by atoms with E-state index in [0.717, 1.165) is 0 Å². The maximum absolute atomic E-state index is 12.3. The first kappa shape index (κ1) is 16.4. The van der Waals surface area contributed by atoms with Crippen LogP contribution in [0.1, 0.15) is 32.3 Å². The van der Waals surface area contributed by atoms with E-state index in [2.05, 4.69) is 4.72 Å². The Balaban J connectivity index is 2.96. The number of halogens is 1. The Morgan fingerprint density at radius 2 is 1.89 bits per heavy atom. The molecule has 1 rings (SSSR count). The first-order chi connectivity index (χ1) is 8.74. The van der Waals surface area contributed by atoms with Crippen molar-refractivity contribution >= 4 is 21.6 Å². The summed E-state index contributed by atoms with van der Waals surface area (Å²) in [7, 11) is -3.58. The van der Waals surface area contributed by atoms with E-state index in [1.165, 1.54) is 6.07 Å². The average molecular weight is 305 g/mol. The van der Waals surface area contributed by atoms with Crippen molar-refractivity contribution in [1.82, 2.24) is 4.72 Å². The second-order valence-corrected chi connectivity index (χ2v) is 6.98. The predicted octanol–water partition coefficient (Wildman–Crippen LogP) is 2.44. The van der Waals surface area contributed by atoms with E-state index < -0.39 is 15.6 Å². The lowest BCUT2D eigenvalue weighted by atomic mass is 9.95. The van der Waals surface area contributed by atoms with Gasteiger partial charge in [0.15, 0.2) is 0 Å². The van der Waals surface area contributed by atoms with Gasteiger partial charge in [-0.3, -0.25) is 0 Å². The number of nitrogens with one attached hydrogen (secondary N) is 1. The second kappa shape index (κ2) is 6.22. The molecule has 1 aromatic carbocycles. The van der Waals surface area contributed by atoms with Crippen molar-refractivity contribution in [2.45, 2.75) is 44.0 Å². The fraction of sp³-hybridized carbons (Fsp3) is 0.538. The van der Waals surface area contributed by atoms with Crippen molar-refractivity contribution in [2.75, 3.05) is 6.54 Å². The van der Waals surface area contributed by atoms with Gasteiger partial charge >= 0.3 is 0 Å². The highest BCUT2D eigenvalue weighted by Crippen LogP contribution is 2.20. The zero-order valence-corrected chi connectivity index (χ0v) is 13.1. The van der Waals surface area contributed by atoms with Crippen molar-refractivity contribution < 1.29 is 8.42 Å². The largest absolute Gasteiger partial charge is 0.324 e. The monoisotopic (exact) mass is 304 g/mol. The molecule has 0 bridgehead atoms. The highest BCUT2D eigenvalue weighted by Gasteiger charge is 2.24. The quantitative estimate of drug-likeness (QED) is 0.848. The molecule has 6 heteroatoms. The number of sulfonamides is 1. The Kier molecular flexibility index (Phi) is 5.38. The first-order valence-electron chi connectivity index (χ1n) is 6.29. The topological polar surface area (TPSA) is 72.2 Å². The number of nitrogens with two attached hydrogens (primary N) is 1. The van der Waals surface area contributed by atoms with Gasteiger partial charge in [-0.25, -0.2) is 13.1 Å². The van der Waals surface area contributed by atoms with Crippen LogP contribution in [-0.2, 0) is 10.0 Å². The van der Waals surface area contributed by atoms with Crippen LogP contribution < -0.4 is 10.5 Å². The summed E-state index contributed by atoms with van der Waals surface area (Å²) < 4.78 is 27.1. The predicted molar refractivity (Wildman–Crippen MR) is 78.9 cm³/mol. The minimum Gasteiger partial charge on any atom is -0.324 e. The normalized spacial score (nSPS) is 12.7. The molecule has 0 atom stereocenters. The van der Waals surface area contributed by atoms with Crippen LogP contribution in [0.15, 0.2) is 23.1 Å². The molecule has 0 saturated carbocycles. The summed E-state index contributed by atoms with van der Waals surface area (Å²) in [6.07, 6.45) is 1.42. The molecule has 19 heavy (non-hydrogen) atoms. The fourth-order valence-electron chi connectivity index (χ4n) is 1.68. The van der Waals surface area contributed by atoms with E-state index in [1.807, 2.05) is 13.8 Å². The molecular formula is C13H21ClN2O2S. The molecule has 0 unspecified atom stereocenters. The van der Waals surface area contributed by atoms with Crippen molar-refractivity contribution in [3.63, 3.8) is 0 Å². The molecule has 1 aromatic rings. The lowest BCUT2D eigenvalue weighted by Crippen LogP contribution is -2.49. The first-order valence-corrected chi connectivity index (χ1v) is 8.15. The van der Waals surface area contributed by atoms with Crippen LogP contribution in [0.5, 0.6) is 0 Å². The molecule has 0 amide bonds. The Hall–Kier alpha value is -0.620. The third-order valence-corrected chi connectivity index (χ3v) is 5.24. The van der Waals surface area contributed by atoms with Gasteiger partial charge in [0, 0.05) is 17.1 Å². The molecule has 0 saturated heterocycles. The smallest absolute Gasteiger partial charge is 0.240 e. The van der Waals surface area contributed by atoms with E-state index in [-0.39, 0.29) is 11.4 Å². The molecular weight excluding hydrogens is 284 g/mol. The molecule has 3 N–H and O–H groups in total. The number of hydrogen-bond acceptors (Lipinski definition) is 3. The third kappa shape index (κ3) is 4.18. The highest BCUT2D eigenvalue weighted by molar-refractivity contribution is 7.89. The minimum atomic E-state index is -3.58. The molecule has 0 aromatic heterocycles. The summed E-state index contributed by atoms with van der Waals surface area (Å²) in [6, 6.07) is 4.81. The maximum Gasteiger partial charge on any atom is 0.240 e. The molecule has 0 radical (unpaired) electrons. The van der Waals surface area contributed by atoms with Crippen LogP contribution in [0.2, 0.25) is 5.02 Å². The number of hydrogen-bond donors (Lipinski definition) is 2. The molecule has 0 spiro atoms. The van der Waals surface area contributed by atoms with E-state index >= 15 is 0 Å². The van der Waals surface area contributed by atoms with Crippen LogP contribution in [0.4, 0.5) is 0 Å². The molecule has 108 valence electrons. The summed E-state index contributed by atoms with van der Waals surface area (Å²) in [4.78, 5) is 0.203. The lowest BCUT2D eigenvalue weighted by molar-refractivity contribution is 0.391. The van der Waals surface area contributed by atoms with Gasteiger partial charge in [0.05, 0.1) is 4.90 Å². The van der Waals surface area contributed by atoms with Crippen molar-refractivity contribution in [1.29, 1.82) is 0 Å². The highest BCUT2D eigenvalue weighted by atomic mass is 35.5. The summed E-state index contributed by atoms with van der Waals surface area (Å²) >= 11 is 5.85.